The Hall–Kier alpha value is -4.00. The van der Waals surface area contributed by atoms with Crippen LogP contribution >= 0.6 is 0 Å². The number of hydrogen-bond acceptors (Lipinski definition) is 6. The lowest BCUT2D eigenvalue weighted by atomic mass is 10.0. The number of rotatable bonds is 9. The van der Waals surface area contributed by atoms with Gasteiger partial charge in [-0.2, -0.15) is 5.26 Å². The van der Waals surface area contributed by atoms with Gasteiger partial charge in [-0.1, -0.05) is 63.2 Å². The first-order valence-electron chi connectivity index (χ1n) is 16.4. The van der Waals surface area contributed by atoms with E-state index in [-0.39, 0.29) is 35.2 Å². The minimum atomic E-state index is -2.21. The molecule has 0 bridgehead atoms. The molecular weight excluding hydrogens is 605 g/mol. The lowest BCUT2D eigenvalue weighted by Crippen LogP contribution is -2.50. The lowest BCUT2D eigenvalue weighted by Gasteiger charge is -2.43. The van der Waals surface area contributed by atoms with Gasteiger partial charge in [0.15, 0.2) is 8.32 Å². The van der Waals surface area contributed by atoms with Crippen molar-refractivity contribution in [1.82, 2.24) is 14.8 Å². The first kappa shape index (κ1) is 35.8. The molecule has 0 saturated carbocycles. The number of carbonyl (C=O) groups excluding carboxylic acids is 2. The summed E-state index contributed by atoms with van der Waals surface area (Å²) in [4.78, 5) is 34.8. The van der Waals surface area contributed by atoms with Crippen LogP contribution in [0, 0.1) is 11.3 Å². The van der Waals surface area contributed by atoms with Gasteiger partial charge < -0.3 is 14.1 Å². The zero-order valence-electron chi connectivity index (χ0n) is 29.4. The maximum atomic E-state index is 14.0. The van der Waals surface area contributed by atoms with Crippen LogP contribution < -0.4 is 0 Å². The molecule has 0 spiro atoms. The molecule has 0 radical (unpaired) electrons. The molecule has 1 aromatic heterocycles. The van der Waals surface area contributed by atoms with Crippen molar-refractivity contribution in [2.75, 3.05) is 7.05 Å². The average Bonchev–Trinajstić information content (AvgIpc) is 3.42. The van der Waals surface area contributed by atoms with E-state index in [0.717, 1.165) is 29.5 Å². The van der Waals surface area contributed by atoms with Crippen LogP contribution in [0.5, 0.6) is 0 Å². The molecule has 1 saturated heterocycles. The lowest BCUT2D eigenvalue weighted by molar-refractivity contribution is -0.00239. The van der Waals surface area contributed by atoms with Crippen molar-refractivity contribution in [2.24, 2.45) is 0 Å². The fourth-order valence-corrected chi connectivity index (χ4v) is 7.05. The molecule has 2 amide bonds. The standard InChI is InChI=1S/C38H50N4O4Si/c1-37(2,3)45-36(44)42-32(19-20-33(42)34(30-13-11-10-12-14-30)46-47(8,9)38(4,5)6)22-27-15-17-31(18-16-27)35(43)41(7)26-29-21-28(23-39)24-40-25-29/h10-18,21,24-25,32-34H,19-20,22,26H2,1-9H3/t32?,33?,34-/m1/s1. The first-order valence-corrected chi connectivity index (χ1v) is 19.3. The molecule has 250 valence electrons. The van der Waals surface area contributed by atoms with Crippen LogP contribution in [-0.4, -0.2) is 59.8 Å². The van der Waals surface area contributed by atoms with Crippen LogP contribution in [0.2, 0.25) is 18.1 Å². The van der Waals surface area contributed by atoms with Crippen molar-refractivity contribution in [3.05, 3.63) is 101 Å². The van der Waals surface area contributed by atoms with Gasteiger partial charge in [-0.05, 0) is 93.1 Å². The second-order valence-corrected chi connectivity index (χ2v) is 19.9. The van der Waals surface area contributed by atoms with E-state index >= 15 is 0 Å². The molecule has 2 heterocycles. The Morgan fingerprint density at radius 2 is 1.66 bits per heavy atom. The van der Waals surface area contributed by atoms with Crippen molar-refractivity contribution >= 4 is 20.3 Å². The molecule has 0 N–H and O–H groups in total. The van der Waals surface area contributed by atoms with E-state index < -0.39 is 13.9 Å². The molecule has 4 rings (SSSR count). The number of nitrogens with zero attached hydrogens (tertiary/aromatic N) is 4. The van der Waals surface area contributed by atoms with Crippen LogP contribution in [0.3, 0.4) is 0 Å². The summed E-state index contributed by atoms with van der Waals surface area (Å²) in [5, 5.41) is 9.17. The van der Waals surface area contributed by atoms with Crippen molar-refractivity contribution in [1.29, 1.82) is 5.26 Å². The van der Waals surface area contributed by atoms with E-state index in [1.165, 1.54) is 6.20 Å². The van der Waals surface area contributed by atoms with Crippen LogP contribution in [-0.2, 0) is 22.1 Å². The van der Waals surface area contributed by atoms with Gasteiger partial charge in [0.05, 0.1) is 17.7 Å². The topological polar surface area (TPSA) is 95.8 Å². The molecule has 1 fully saturated rings. The Bertz CT molecular complexity index is 1570. The second-order valence-electron chi connectivity index (χ2n) is 15.2. The molecule has 8 nitrogen and oxygen atoms in total. The second kappa shape index (κ2) is 14.4. The number of benzene rings is 2. The summed E-state index contributed by atoms with van der Waals surface area (Å²) in [6, 6.07) is 21.4. The molecular formula is C38H50N4O4Si. The average molecular weight is 655 g/mol. The normalized spacial score (nSPS) is 17.6. The molecule has 1 aliphatic rings. The van der Waals surface area contributed by atoms with Crippen LogP contribution in [0.15, 0.2) is 73.1 Å². The molecule has 1 aliphatic heterocycles. The third-order valence-corrected chi connectivity index (χ3v) is 13.7. The van der Waals surface area contributed by atoms with Crippen LogP contribution in [0.4, 0.5) is 4.79 Å². The Morgan fingerprint density at radius 1 is 1.00 bits per heavy atom. The zero-order valence-corrected chi connectivity index (χ0v) is 30.4. The molecule has 0 aliphatic carbocycles. The number of aromatic nitrogens is 1. The summed E-state index contributed by atoms with van der Waals surface area (Å²) in [5.74, 6) is -0.122. The summed E-state index contributed by atoms with van der Waals surface area (Å²) in [6.45, 7) is 17.3. The summed E-state index contributed by atoms with van der Waals surface area (Å²) in [6.07, 6.45) is 4.80. The van der Waals surface area contributed by atoms with Gasteiger partial charge in [-0.15, -0.1) is 0 Å². The quantitative estimate of drug-likeness (QED) is 0.216. The fourth-order valence-electron chi connectivity index (χ4n) is 5.77. The van der Waals surface area contributed by atoms with E-state index in [4.69, 9.17) is 9.16 Å². The van der Waals surface area contributed by atoms with Crippen LogP contribution in [0.1, 0.15) is 93.1 Å². The minimum Gasteiger partial charge on any atom is -0.444 e. The zero-order chi connectivity index (χ0) is 34.6. The Labute approximate surface area is 281 Å². The van der Waals surface area contributed by atoms with E-state index in [1.54, 1.807) is 24.2 Å². The van der Waals surface area contributed by atoms with E-state index in [2.05, 4.69) is 57.1 Å². The van der Waals surface area contributed by atoms with E-state index in [0.29, 0.717) is 24.1 Å². The third kappa shape index (κ3) is 9.08. The van der Waals surface area contributed by atoms with Gasteiger partial charge in [-0.3, -0.25) is 14.7 Å². The Kier molecular flexibility index (Phi) is 11.0. The molecule has 9 heteroatoms. The third-order valence-electron chi connectivity index (χ3n) is 9.22. The minimum absolute atomic E-state index is 0.000402. The highest BCUT2D eigenvalue weighted by molar-refractivity contribution is 6.74. The van der Waals surface area contributed by atoms with Gasteiger partial charge in [0, 0.05) is 37.6 Å². The predicted octanol–water partition coefficient (Wildman–Crippen LogP) is 8.30. The maximum absolute atomic E-state index is 14.0. The Morgan fingerprint density at radius 3 is 2.26 bits per heavy atom. The number of nitriles is 1. The van der Waals surface area contributed by atoms with Gasteiger partial charge >= 0.3 is 6.09 Å². The number of ether oxygens (including phenoxy) is 1. The number of hydrogen-bond donors (Lipinski definition) is 0. The molecule has 47 heavy (non-hydrogen) atoms. The highest BCUT2D eigenvalue weighted by atomic mass is 28.4. The first-order chi connectivity index (χ1) is 22.0. The van der Waals surface area contributed by atoms with Gasteiger partial charge in [0.1, 0.15) is 11.7 Å². The van der Waals surface area contributed by atoms with E-state index in [1.807, 2.05) is 68.1 Å². The van der Waals surface area contributed by atoms with Gasteiger partial charge in [0.25, 0.3) is 5.91 Å². The number of carbonyl (C=O) groups is 2. The highest BCUT2D eigenvalue weighted by Crippen LogP contribution is 2.44. The molecule has 2 unspecified atom stereocenters. The SMILES string of the molecule is CN(Cc1cncc(C#N)c1)C(=O)c1ccc(CC2CCC([C@H](O[Si](C)(C)C(C)(C)C)c3ccccc3)N2C(=O)OC(C)(C)C)cc1. The summed E-state index contributed by atoms with van der Waals surface area (Å²) < 4.78 is 13.1. The monoisotopic (exact) mass is 654 g/mol. The largest absolute Gasteiger partial charge is 0.444 e. The molecule has 3 aromatic rings. The summed E-state index contributed by atoms with van der Waals surface area (Å²) in [5.41, 5.74) is 3.29. The number of amides is 2. The van der Waals surface area contributed by atoms with E-state index in [9.17, 15) is 14.9 Å². The van der Waals surface area contributed by atoms with Crippen molar-refractivity contribution in [2.45, 2.75) is 109 Å². The fraction of sp³-hybridized carbons (Fsp3) is 0.474. The van der Waals surface area contributed by atoms with Crippen LogP contribution in [0.25, 0.3) is 0 Å². The highest BCUT2D eigenvalue weighted by Gasteiger charge is 2.47. The predicted molar refractivity (Wildman–Crippen MR) is 187 cm³/mol. The van der Waals surface area contributed by atoms with Crippen molar-refractivity contribution in [3.8, 4) is 6.07 Å². The molecule has 2 aromatic carbocycles. The smallest absolute Gasteiger partial charge is 0.410 e. The van der Waals surface area contributed by atoms with Crippen molar-refractivity contribution in [3.63, 3.8) is 0 Å². The number of pyridine rings is 1. The maximum Gasteiger partial charge on any atom is 0.410 e. The van der Waals surface area contributed by atoms with Crippen molar-refractivity contribution < 1.29 is 18.8 Å². The van der Waals surface area contributed by atoms with Gasteiger partial charge in [-0.25, -0.2) is 4.79 Å². The number of likely N-dealkylation sites (tertiary alicyclic amines) is 1. The van der Waals surface area contributed by atoms with Gasteiger partial charge in [0.2, 0.25) is 0 Å². The summed E-state index contributed by atoms with van der Waals surface area (Å²) >= 11 is 0. The summed E-state index contributed by atoms with van der Waals surface area (Å²) in [7, 11) is -0.477. The Balaban J connectivity index is 1.57. The molecule has 3 atom stereocenters.